The molecule has 0 atom stereocenters. The molecule has 0 radical (unpaired) electrons. The average molecular weight is 327 g/mol. The summed E-state index contributed by atoms with van der Waals surface area (Å²) in [5.74, 6) is 0. The molecule has 6 nitrogen and oxygen atoms in total. The van der Waals surface area contributed by atoms with Crippen LogP contribution in [0.3, 0.4) is 0 Å². The lowest BCUT2D eigenvalue weighted by Crippen LogP contribution is -2.22. The number of hydrogen-bond acceptors (Lipinski definition) is 5. The fourth-order valence-electron chi connectivity index (χ4n) is 1.88. The summed E-state index contributed by atoms with van der Waals surface area (Å²) in [5, 5.41) is 0.00389. The molecular formula is C13H21N3O3SSi. The molecule has 2 aromatic rings. The molecule has 0 bridgehead atoms. The third kappa shape index (κ3) is 4.11. The molecule has 8 heteroatoms. The van der Waals surface area contributed by atoms with Gasteiger partial charge in [-0.1, -0.05) is 19.6 Å². The highest BCUT2D eigenvalue weighted by Gasteiger charge is 2.20. The van der Waals surface area contributed by atoms with Crippen molar-refractivity contribution in [2.24, 2.45) is 0 Å². The minimum atomic E-state index is -3.42. The van der Waals surface area contributed by atoms with Gasteiger partial charge in [-0.25, -0.2) is 13.4 Å². The van der Waals surface area contributed by atoms with Crippen molar-refractivity contribution in [2.75, 3.05) is 12.9 Å². The van der Waals surface area contributed by atoms with Gasteiger partial charge in [0.25, 0.3) is 0 Å². The van der Waals surface area contributed by atoms with Crippen LogP contribution in [-0.2, 0) is 21.3 Å². The fourth-order valence-corrected chi connectivity index (χ4v) is 3.44. The van der Waals surface area contributed by atoms with E-state index in [1.54, 1.807) is 22.9 Å². The maximum absolute atomic E-state index is 11.9. The van der Waals surface area contributed by atoms with E-state index < -0.39 is 17.9 Å². The van der Waals surface area contributed by atoms with Crippen LogP contribution in [0, 0.1) is 0 Å². The van der Waals surface area contributed by atoms with Crippen LogP contribution in [0.25, 0.3) is 11.2 Å². The van der Waals surface area contributed by atoms with Crippen LogP contribution in [0.5, 0.6) is 0 Å². The highest BCUT2D eigenvalue weighted by molar-refractivity contribution is 7.90. The van der Waals surface area contributed by atoms with Gasteiger partial charge in [-0.15, -0.1) is 0 Å². The van der Waals surface area contributed by atoms with E-state index in [0.29, 0.717) is 17.8 Å². The number of hydrogen-bond donors (Lipinski definition) is 0. The molecule has 0 fully saturated rings. The van der Waals surface area contributed by atoms with Crippen LogP contribution < -0.4 is 0 Å². The van der Waals surface area contributed by atoms with Crippen LogP contribution in [0.1, 0.15) is 0 Å². The van der Waals surface area contributed by atoms with Gasteiger partial charge < -0.3 is 4.74 Å². The number of aromatic nitrogens is 3. The molecule has 0 N–H and O–H groups in total. The Balaban J connectivity index is 2.25. The molecule has 0 aliphatic carbocycles. The Morgan fingerprint density at radius 2 is 2.05 bits per heavy atom. The molecule has 0 aromatic carbocycles. The second-order valence-corrected chi connectivity index (χ2v) is 13.8. The molecule has 2 aromatic heterocycles. The third-order valence-corrected chi connectivity index (χ3v) is 5.72. The highest BCUT2D eigenvalue weighted by atomic mass is 32.2. The van der Waals surface area contributed by atoms with Gasteiger partial charge in [-0.2, -0.15) is 4.98 Å². The predicted octanol–water partition coefficient (Wildman–Crippen LogP) is 2.15. The second kappa shape index (κ2) is 5.86. The number of nitrogens with zero attached hydrogens (tertiary/aromatic N) is 3. The Morgan fingerprint density at radius 1 is 1.33 bits per heavy atom. The predicted molar refractivity (Wildman–Crippen MR) is 84.7 cm³/mol. The van der Waals surface area contributed by atoms with Gasteiger partial charge in [0.05, 0.1) is 5.52 Å². The zero-order valence-electron chi connectivity index (χ0n) is 12.8. The van der Waals surface area contributed by atoms with Crippen molar-refractivity contribution in [3.8, 4) is 0 Å². The van der Waals surface area contributed by atoms with E-state index in [2.05, 4.69) is 29.6 Å². The Morgan fingerprint density at radius 3 is 2.67 bits per heavy atom. The van der Waals surface area contributed by atoms with E-state index in [9.17, 15) is 8.42 Å². The average Bonchev–Trinajstić information content (AvgIpc) is 2.72. The molecule has 0 amide bonds. The van der Waals surface area contributed by atoms with Gasteiger partial charge in [0.15, 0.2) is 5.65 Å². The normalized spacial score (nSPS) is 13.0. The lowest BCUT2D eigenvalue weighted by Gasteiger charge is -2.16. The van der Waals surface area contributed by atoms with E-state index in [1.165, 1.54) is 0 Å². The highest BCUT2D eigenvalue weighted by Crippen LogP contribution is 2.18. The zero-order valence-corrected chi connectivity index (χ0v) is 14.6. The van der Waals surface area contributed by atoms with Gasteiger partial charge in [0.2, 0.25) is 15.0 Å². The molecule has 2 heterocycles. The number of sulfone groups is 1. The Hall–Kier alpha value is -1.25. The molecule has 116 valence electrons. The van der Waals surface area contributed by atoms with E-state index in [1.807, 2.05) is 0 Å². The molecule has 2 rings (SSSR count). The minimum Gasteiger partial charge on any atom is -0.361 e. The number of rotatable bonds is 6. The summed E-state index contributed by atoms with van der Waals surface area (Å²) in [6.07, 6.45) is 2.74. The third-order valence-electron chi connectivity index (χ3n) is 3.04. The first-order chi connectivity index (χ1) is 9.68. The van der Waals surface area contributed by atoms with E-state index in [4.69, 9.17) is 4.74 Å². The van der Waals surface area contributed by atoms with Gasteiger partial charge in [0, 0.05) is 27.1 Å². The van der Waals surface area contributed by atoms with Crippen molar-refractivity contribution >= 4 is 29.1 Å². The molecule has 0 unspecified atom stereocenters. The molecular weight excluding hydrogens is 306 g/mol. The fraction of sp³-hybridized carbons (Fsp3) is 0.538. The van der Waals surface area contributed by atoms with Gasteiger partial charge >= 0.3 is 0 Å². The number of fused-ring (bicyclic) bond motifs is 1. The molecule has 0 aliphatic rings. The Kier molecular flexibility index (Phi) is 4.50. The first-order valence-corrected chi connectivity index (χ1v) is 12.4. The summed E-state index contributed by atoms with van der Waals surface area (Å²) in [4.78, 5) is 8.20. The minimum absolute atomic E-state index is 0.00389. The van der Waals surface area contributed by atoms with Crippen molar-refractivity contribution in [3.63, 3.8) is 0 Å². The second-order valence-electron chi connectivity index (χ2n) is 6.29. The van der Waals surface area contributed by atoms with Crippen LogP contribution >= 0.6 is 0 Å². The summed E-state index contributed by atoms with van der Waals surface area (Å²) in [5.41, 5.74) is 1.10. The van der Waals surface area contributed by atoms with E-state index in [0.717, 1.165) is 12.3 Å². The maximum Gasteiger partial charge on any atom is 0.231 e. The topological polar surface area (TPSA) is 74.1 Å². The molecule has 0 spiro atoms. The summed E-state index contributed by atoms with van der Waals surface area (Å²) >= 11 is 0. The van der Waals surface area contributed by atoms with Crippen LogP contribution in [0.4, 0.5) is 0 Å². The van der Waals surface area contributed by atoms with Crippen molar-refractivity contribution in [1.82, 2.24) is 14.5 Å². The Bertz CT molecular complexity index is 735. The van der Waals surface area contributed by atoms with Crippen molar-refractivity contribution < 1.29 is 13.2 Å². The molecule has 0 aliphatic heterocycles. The largest absolute Gasteiger partial charge is 0.361 e. The summed E-state index contributed by atoms with van der Waals surface area (Å²) in [7, 11) is -4.58. The maximum atomic E-state index is 11.9. The number of ether oxygens (including phenoxy) is 1. The van der Waals surface area contributed by atoms with Crippen molar-refractivity contribution in [2.45, 2.75) is 37.6 Å². The smallest absolute Gasteiger partial charge is 0.231 e. The lowest BCUT2D eigenvalue weighted by atomic mass is 10.4. The van der Waals surface area contributed by atoms with Crippen LogP contribution in [0.2, 0.25) is 25.7 Å². The van der Waals surface area contributed by atoms with Crippen LogP contribution in [-0.4, -0.2) is 43.9 Å². The standard InChI is InChI=1S/C13H21N3O3SSi/c1-20(17,18)13-15-12-11(6-5-7-14-12)16(13)10-19-8-9-21(2,3)4/h5-7H,8-10H2,1-4H3. The monoisotopic (exact) mass is 327 g/mol. The zero-order chi connectivity index (χ0) is 15.7. The van der Waals surface area contributed by atoms with E-state index >= 15 is 0 Å². The van der Waals surface area contributed by atoms with Crippen molar-refractivity contribution in [1.29, 1.82) is 0 Å². The number of imidazole rings is 1. The lowest BCUT2D eigenvalue weighted by molar-refractivity contribution is 0.0838. The summed E-state index contributed by atoms with van der Waals surface area (Å²) < 4.78 is 30.9. The van der Waals surface area contributed by atoms with Crippen LogP contribution in [0.15, 0.2) is 23.5 Å². The van der Waals surface area contributed by atoms with E-state index in [-0.39, 0.29) is 11.9 Å². The first kappa shape index (κ1) is 16.1. The van der Waals surface area contributed by atoms with Gasteiger partial charge in [0.1, 0.15) is 6.73 Å². The molecule has 0 saturated carbocycles. The van der Waals surface area contributed by atoms with Gasteiger partial charge in [-0.05, 0) is 18.2 Å². The van der Waals surface area contributed by atoms with Crippen molar-refractivity contribution in [3.05, 3.63) is 18.3 Å². The molecule has 21 heavy (non-hydrogen) atoms. The Labute approximate surface area is 126 Å². The van der Waals surface area contributed by atoms with Gasteiger partial charge in [-0.3, -0.25) is 4.57 Å². The summed E-state index contributed by atoms with van der Waals surface area (Å²) in [6.45, 7) is 7.62. The number of pyridine rings is 1. The first-order valence-electron chi connectivity index (χ1n) is 6.77. The molecule has 0 saturated heterocycles. The SMILES string of the molecule is C[Si](C)(C)CCOCn1c(S(C)(=O)=O)nc2ncccc21. The summed E-state index contributed by atoms with van der Waals surface area (Å²) in [6, 6.07) is 4.59. The quantitative estimate of drug-likeness (QED) is 0.600.